The molecule has 0 aliphatic heterocycles. The summed E-state index contributed by atoms with van der Waals surface area (Å²) in [5.74, 6) is 0.410. The number of unbranched alkanes of at least 4 members (excludes halogenated alkanes) is 2. The van der Waals surface area contributed by atoms with Crippen LogP contribution in [0, 0.1) is 0 Å². The van der Waals surface area contributed by atoms with Crippen LogP contribution in [0.3, 0.4) is 0 Å². The van der Waals surface area contributed by atoms with E-state index in [2.05, 4.69) is 0 Å². The van der Waals surface area contributed by atoms with Crippen LogP contribution < -0.4 is 5.76 Å². The molecule has 1 aromatic carbocycles. The van der Waals surface area contributed by atoms with E-state index in [0.29, 0.717) is 18.0 Å². The molecule has 3 nitrogen and oxygen atoms in total. The van der Waals surface area contributed by atoms with Gasteiger partial charge < -0.3 is 4.42 Å². The molecule has 0 N–H and O–H groups in total. The summed E-state index contributed by atoms with van der Waals surface area (Å²) in [5.41, 5.74) is 1.53. The second-order valence-electron chi connectivity index (χ2n) is 3.74. The van der Waals surface area contributed by atoms with Crippen LogP contribution >= 0.6 is 11.6 Å². The van der Waals surface area contributed by atoms with Gasteiger partial charge in [-0.3, -0.25) is 4.57 Å². The van der Waals surface area contributed by atoms with Crippen LogP contribution in [0.2, 0.25) is 0 Å². The fourth-order valence-corrected chi connectivity index (χ4v) is 1.96. The van der Waals surface area contributed by atoms with Gasteiger partial charge in [0, 0.05) is 12.4 Å². The molecular weight excluding hydrogens is 226 g/mol. The standard InChI is InChI=1S/C12H14ClNO2/c13-8-4-1-5-9-14-10-6-2-3-7-11(10)16-12(14)15/h2-3,6-7H,1,4-5,8-9H2. The lowest BCUT2D eigenvalue weighted by atomic mass is 10.2. The number of aryl methyl sites for hydroxylation is 1. The SMILES string of the molecule is O=c1oc2ccccc2n1CCCCCCl. The highest BCUT2D eigenvalue weighted by Crippen LogP contribution is 2.12. The van der Waals surface area contributed by atoms with Gasteiger partial charge in [0.25, 0.3) is 0 Å². The number of halogens is 1. The number of alkyl halides is 1. The average molecular weight is 240 g/mol. The smallest absolute Gasteiger partial charge is 0.408 e. The van der Waals surface area contributed by atoms with Gasteiger partial charge in [-0.25, -0.2) is 4.79 Å². The van der Waals surface area contributed by atoms with Gasteiger partial charge in [-0.05, 0) is 25.0 Å². The Morgan fingerprint density at radius 2 is 2.00 bits per heavy atom. The van der Waals surface area contributed by atoms with Crippen molar-refractivity contribution in [2.75, 3.05) is 5.88 Å². The zero-order chi connectivity index (χ0) is 11.4. The molecule has 0 fully saturated rings. The van der Waals surface area contributed by atoms with Crippen LogP contribution in [0.25, 0.3) is 11.1 Å². The van der Waals surface area contributed by atoms with Crippen molar-refractivity contribution in [1.82, 2.24) is 4.57 Å². The Morgan fingerprint density at radius 1 is 1.19 bits per heavy atom. The van der Waals surface area contributed by atoms with Gasteiger partial charge in [-0.15, -0.1) is 11.6 Å². The van der Waals surface area contributed by atoms with Gasteiger partial charge in [-0.2, -0.15) is 0 Å². The van der Waals surface area contributed by atoms with Crippen LogP contribution in [0.5, 0.6) is 0 Å². The first-order valence-electron chi connectivity index (χ1n) is 5.47. The maximum absolute atomic E-state index is 11.6. The summed E-state index contributed by atoms with van der Waals surface area (Å²) < 4.78 is 6.82. The number of rotatable bonds is 5. The number of fused-ring (bicyclic) bond motifs is 1. The topological polar surface area (TPSA) is 35.1 Å². The normalized spacial score (nSPS) is 11.1. The molecule has 0 aliphatic carbocycles. The summed E-state index contributed by atoms with van der Waals surface area (Å²) >= 11 is 5.60. The van der Waals surface area contributed by atoms with E-state index in [9.17, 15) is 4.79 Å². The molecule has 0 bridgehead atoms. The van der Waals surface area contributed by atoms with E-state index in [1.54, 1.807) is 4.57 Å². The van der Waals surface area contributed by atoms with Crippen molar-refractivity contribution >= 4 is 22.7 Å². The summed E-state index contributed by atoms with van der Waals surface area (Å²) in [6.07, 6.45) is 2.98. The highest BCUT2D eigenvalue weighted by atomic mass is 35.5. The van der Waals surface area contributed by atoms with Crippen LogP contribution in [0.1, 0.15) is 19.3 Å². The van der Waals surface area contributed by atoms with Gasteiger partial charge in [0.2, 0.25) is 0 Å². The average Bonchev–Trinajstić information content (AvgIpc) is 2.61. The molecule has 1 aromatic heterocycles. The molecule has 0 saturated heterocycles. The molecule has 86 valence electrons. The van der Waals surface area contributed by atoms with Gasteiger partial charge in [-0.1, -0.05) is 18.6 Å². The number of hydrogen-bond donors (Lipinski definition) is 0. The van der Waals surface area contributed by atoms with Crippen molar-refractivity contribution in [3.63, 3.8) is 0 Å². The van der Waals surface area contributed by atoms with Crippen molar-refractivity contribution in [2.45, 2.75) is 25.8 Å². The molecule has 1 heterocycles. The molecule has 2 aromatic rings. The Kier molecular flexibility index (Phi) is 3.67. The number of benzene rings is 1. The zero-order valence-corrected chi connectivity index (χ0v) is 9.74. The predicted octanol–water partition coefficient (Wildman–Crippen LogP) is 3.00. The molecule has 0 radical (unpaired) electrons. The summed E-state index contributed by atoms with van der Waals surface area (Å²) in [4.78, 5) is 11.6. The van der Waals surface area contributed by atoms with Crippen LogP contribution in [0.15, 0.2) is 33.5 Å². The molecule has 16 heavy (non-hydrogen) atoms. The molecule has 0 saturated carbocycles. The minimum atomic E-state index is -0.271. The first-order valence-corrected chi connectivity index (χ1v) is 6.00. The number of aromatic nitrogens is 1. The zero-order valence-electron chi connectivity index (χ0n) is 8.99. The fraction of sp³-hybridized carbons (Fsp3) is 0.417. The largest absolute Gasteiger partial charge is 0.419 e. The van der Waals surface area contributed by atoms with Crippen molar-refractivity contribution in [1.29, 1.82) is 0 Å². The first kappa shape index (κ1) is 11.3. The molecule has 4 heteroatoms. The maximum atomic E-state index is 11.6. The third kappa shape index (κ3) is 2.30. The summed E-state index contributed by atoms with van der Waals surface area (Å²) in [6.45, 7) is 0.701. The molecule has 0 amide bonds. The lowest BCUT2D eigenvalue weighted by molar-refractivity contribution is 0.492. The molecule has 0 aliphatic rings. The van der Waals surface area contributed by atoms with Crippen LogP contribution in [-0.4, -0.2) is 10.4 Å². The van der Waals surface area contributed by atoms with E-state index in [1.165, 1.54) is 0 Å². The van der Waals surface area contributed by atoms with E-state index in [1.807, 2.05) is 24.3 Å². The molecule has 0 atom stereocenters. The van der Waals surface area contributed by atoms with E-state index in [0.717, 1.165) is 24.8 Å². The van der Waals surface area contributed by atoms with Crippen molar-refractivity contribution < 1.29 is 4.42 Å². The fourth-order valence-electron chi connectivity index (χ4n) is 1.77. The Balaban J connectivity index is 2.16. The van der Waals surface area contributed by atoms with Crippen molar-refractivity contribution in [2.24, 2.45) is 0 Å². The Morgan fingerprint density at radius 3 is 2.81 bits per heavy atom. The van der Waals surface area contributed by atoms with E-state index in [-0.39, 0.29) is 5.76 Å². The lowest BCUT2D eigenvalue weighted by Crippen LogP contribution is -2.14. The number of hydrogen-bond acceptors (Lipinski definition) is 2. The number of oxazole rings is 1. The Bertz CT molecular complexity index is 515. The van der Waals surface area contributed by atoms with Crippen LogP contribution in [-0.2, 0) is 6.54 Å². The maximum Gasteiger partial charge on any atom is 0.419 e. The second kappa shape index (κ2) is 5.21. The molecule has 0 unspecified atom stereocenters. The van der Waals surface area contributed by atoms with E-state index < -0.39 is 0 Å². The van der Waals surface area contributed by atoms with Gasteiger partial charge in [0.1, 0.15) is 0 Å². The highest BCUT2D eigenvalue weighted by Gasteiger charge is 2.07. The quantitative estimate of drug-likeness (QED) is 0.594. The summed E-state index contributed by atoms with van der Waals surface area (Å²) in [6, 6.07) is 7.49. The summed E-state index contributed by atoms with van der Waals surface area (Å²) in [5, 5.41) is 0. The monoisotopic (exact) mass is 239 g/mol. The number of nitrogens with zero attached hydrogens (tertiary/aromatic N) is 1. The minimum absolute atomic E-state index is 0.271. The minimum Gasteiger partial charge on any atom is -0.408 e. The van der Waals surface area contributed by atoms with E-state index in [4.69, 9.17) is 16.0 Å². The molecular formula is C12H14ClNO2. The third-order valence-electron chi connectivity index (χ3n) is 2.59. The van der Waals surface area contributed by atoms with Gasteiger partial charge >= 0.3 is 5.76 Å². The van der Waals surface area contributed by atoms with Gasteiger partial charge in [0.05, 0.1) is 5.52 Å². The van der Waals surface area contributed by atoms with Gasteiger partial charge in [0.15, 0.2) is 5.58 Å². The second-order valence-corrected chi connectivity index (χ2v) is 4.11. The predicted molar refractivity (Wildman–Crippen MR) is 65.0 cm³/mol. The highest BCUT2D eigenvalue weighted by molar-refractivity contribution is 6.17. The van der Waals surface area contributed by atoms with Crippen molar-refractivity contribution in [3.8, 4) is 0 Å². The third-order valence-corrected chi connectivity index (χ3v) is 2.86. The first-order chi connectivity index (χ1) is 7.83. The van der Waals surface area contributed by atoms with Crippen LogP contribution in [0.4, 0.5) is 0 Å². The Hall–Kier alpha value is -1.22. The lowest BCUT2D eigenvalue weighted by Gasteiger charge is -2.00. The number of para-hydroxylation sites is 2. The van der Waals surface area contributed by atoms with Crippen molar-refractivity contribution in [3.05, 3.63) is 34.8 Å². The Labute approximate surface area is 98.6 Å². The molecule has 0 spiro atoms. The summed E-state index contributed by atoms with van der Waals surface area (Å²) in [7, 11) is 0. The van der Waals surface area contributed by atoms with E-state index >= 15 is 0 Å². The molecule has 2 rings (SSSR count).